The van der Waals surface area contributed by atoms with E-state index < -0.39 is 0 Å². The first-order valence-corrected chi connectivity index (χ1v) is 9.52. The molecular weight excluding hydrogens is 314 g/mol. The van der Waals surface area contributed by atoms with Crippen LogP contribution < -0.4 is 11.0 Å². The van der Waals surface area contributed by atoms with Crippen LogP contribution in [-0.4, -0.2) is 25.8 Å². The summed E-state index contributed by atoms with van der Waals surface area (Å²) >= 11 is 0. The Kier molecular flexibility index (Phi) is 4.70. The Labute approximate surface area is 148 Å². The molecule has 2 aliphatic carbocycles. The van der Waals surface area contributed by atoms with Crippen molar-refractivity contribution in [2.75, 3.05) is 0 Å². The van der Waals surface area contributed by atoms with Crippen molar-refractivity contribution in [2.24, 2.45) is 13.0 Å². The van der Waals surface area contributed by atoms with Gasteiger partial charge in [0.05, 0.1) is 0 Å². The maximum atomic E-state index is 11.6. The van der Waals surface area contributed by atoms with Crippen molar-refractivity contribution in [2.45, 2.75) is 63.5 Å². The van der Waals surface area contributed by atoms with Crippen molar-refractivity contribution in [1.29, 1.82) is 0 Å². The highest BCUT2D eigenvalue weighted by Gasteiger charge is 2.30. The van der Waals surface area contributed by atoms with Crippen LogP contribution in [0.15, 0.2) is 23.1 Å². The molecule has 1 saturated carbocycles. The SMILES string of the molecule is Cn1c(C[C@H]2CCCC[C@H]2NC2CCCc3ncccc32)n[nH]c1=O. The molecule has 2 heterocycles. The first-order valence-electron chi connectivity index (χ1n) is 9.52. The van der Waals surface area contributed by atoms with Crippen molar-refractivity contribution < 1.29 is 0 Å². The second kappa shape index (κ2) is 7.12. The van der Waals surface area contributed by atoms with Crippen LogP contribution in [0.3, 0.4) is 0 Å². The van der Waals surface area contributed by atoms with E-state index in [0.29, 0.717) is 18.0 Å². The van der Waals surface area contributed by atoms with Gasteiger partial charge in [0.1, 0.15) is 5.82 Å². The number of hydrogen-bond donors (Lipinski definition) is 2. The van der Waals surface area contributed by atoms with E-state index in [9.17, 15) is 4.79 Å². The normalized spacial score (nSPS) is 26.4. The first kappa shape index (κ1) is 16.5. The summed E-state index contributed by atoms with van der Waals surface area (Å²) in [4.78, 5) is 16.2. The van der Waals surface area contributed by atoms with Crippen molar-refractivity contribution in [1.82, 2.24) is 25.1 Å². The van der Waals surface area contributed by atoms with Gasteiger partial charge in [-0.2, -0.15) is 5.10 Å². The number of H-pyrrole nitrogens is 1. The van der Waals surface area contributed by atoms with Gasteiger partial charge in [-0.1, -0.05) is 18.9 Å². The van der Waals surface area contributed by atoms with Gasteiger partial charge in [0.2, 0.25) is 0 Å². The van der Waals surface area contributed by atoms with Crippen LogP contribution in [0.4, 0.5) is 0 Å². The molecule has 0 bridgehead atoms. The van der Waals surface area contributed by atoms with Crippen LogP contribution in [0.1, 0.15) is 61.6 Å². The first-order chi connectivity index (χ1) is 12.2. The highest BCUT2D eigenvalue weighted by molar-refractivity contribution is 5.26. The minimum atomic E-state index is -0.123. The Morgan fingerprint density at radius 3 is 3.00 bits per heavy atom. The zero-order valence-electron chi connectivity index (χ0n) is 14.9. The van der Waals surface area contributed by atoms with E-state index in [4.69, 9.17) is 0 Å². The van der Waals surface area contributed by atoms with E-state index in [-0.39, 0.29) is 5.69 Å². The number of hydrogen-bond acceptors (Lipinski definition) is 4. The van der Waals surface area contributed by atoms with Gasteiger partial charge in [0.25, 0.3) is 0 Å². The fraction of sp³-hybridized carbons (Fsp3) is 0.632. The minimum absolute atomic E-state index is 0.123. The van der Waals surface area contributed by atoms with E-state index in [1.807, 2.05) is 6.20 Å². The monoisotopic (exact) mass is 341 g/mol. The third-order valence-corrected chi connectivity index (χ3v) is 5.95. The summed E-state index contributed by atoms with van der Waals surface area (Å²) in [6.07, 6.45) is 11.2. The lowest BCUT2D eigenvalue weighted by molar-refractivity contribution is 0.229. The lowest BCUT2D eigenvalue weighted by atomic mass is 9.80. The summed E-state index contributed by atoms with van der Waals surface area (Å²) in [7, 11) is 1.80. The molecule has 2 N–H and O–H groups in total. The van der Waals surface area contributed by atoms with E-state index in [1.165, 1.54) is 49.8 Å². The molecule has 2 aromatic heterocycles. The molecule has 25 heavy (non-hydrogen) atoms. The van der Waals surface area contributed by atoms with Gasteiger partial charge < -0.3 is 5.32 Å². The number of aryl methyl sites for hydroxylation is 1. The summed E-state index contributed by atoms with van der Waals surface area (Å²) < 4.78 is 1.64. The van der Waals surface area contributed by atoms with Gasteiger partial charge in [0.15, 0.2) is 0 Å². The van der Waals surface area contributed by atoms with E-state index in [1.54, 1.807) is 11.6 Å². The van der Waals surface area contributed by atoms with Crippen molar-refractivity contribution in [3.8, 4) is 0 Å². The molecule has 2 aliphatic rings. The molecular formula is C19H27N5O. The molecule has 1 fully saturated rings. The summed E-state index contributed by atoms with van der Waals surface area (Å²) in [6, 6.07) is 5.17. The highest BCUT2D eigenvalue weighted by atomic mass is 16.1. The second-order valence-corrected chi connectivity index (χ2v) is 7.51. The molecule has 0 amide bonds. The van der Waals surface area contributed by atoms with E-state index in [2.05, 4.69) is 32.6 Å². The molecule has 0 aromatic carbocycles. The summed E-state index contributed by atoms with van der Waals surface area (Å²) in [5.74, 6) is 1.40. The second-order valence-electron chi connectivity index (χ2n) is 7.51. The molecule has 3 atom stereocenters. The average molecular weight is 341 g/mol. The summed E-state index contributed by atoms with van der Waals surface area (Å²) in [5, 5.41) is 10.7. The Balaban J connectivity index is 1.50. The van der Waals surface area contributed by atoms with Gasteiger partial charge >= 0.3 is 5.69 Å². The van der Waals surface area contributed by atoms with Crippen LogP contribution in [0.25, 0.3) is 0 Å². The number of aromatic amines is 1. The number of nitrogens with zero attached hydrogens (tertiary/aromatic N) is 3. The maximum Gasteiger partial charge on any atom is 0.343 e. The zero-order valence-corrected chi connectivity index (χ0v) is 14.9. The maximum absolute atomic E-state index is 11.6. The van der Waals surface area contributed by atoms with E-state index in [0.717, 1.165) is 18.7 Å². The lowest BCUT2D eigenvalue weighted by Crippen LogP contribution is -2.42. The molecule has 6 heteroatoms. The van der Waals surface area contributed by atoms with Crippen molar-refractivity contribution in [3.63, 3.8) is 0 Å². The minimum Gasteiger partial charge on any atom is -0.307 e. The predicted octanol–water partition coefficient (Wildman–Crippen LogP) is 2.27. The smallest absolute Gasteiger partial charge is 0.307 e. The summed E-state index contributed by atoms with van der Waals surface area (Å²) in [5.41, 5.74) is 2.51. The van der Waals surface area contributed by atoms with Crippen LogP contribution in [0.5, 0.6) is 0 Å². The zero-order chi connectivity index (χ0) is 17.2. The molecule has 0 spiro atoms. The Bertz CT molecular complexity index is 780. The van der Waals surface area contributed by atoms with Gasteiger partial charge in [-0.05, 0) is 49.7 Å². The quantitative estimate of drug-likeness (QED) is 0.894. The van der Waals surface area contributed by atoms with Gasteiger partial charge in [-0.15, -0.1) is 0 Å². The third-order valence-electron chi connectivity index (χ3n) is 5.95. The largest absolute Gasteiger partial charge is 0.343 e. The standard InChI is InChI=1S/C19H27N5O/c1-24-18(22-23-19(24)25)12-13-6-2-3-8-15(13)21-17-10-4-9-16-14(17)7-5-11-20-16/h5,7,11,13,15,17,21H,2-4,6,8-10,12H2,1H3,(H,23,25)/t13-,15-,17?/m1/s1. The van der Waals surface area contributed by atoms with Gasteiger partial charge in [-0.25, -0.2) is 9.89 Å². The Morgan fingerprint density at radius 1 is 1.28 bits per heavy atom. The van der Waals surface area contributed by atoms with Crippen molar-refractivity contribution in [3.05, 3.63) is 45.9 Å². The Morgan fingerprint density at radius 2 is 2.16 bits per heavy atom. The van der Waals surface area contributed by atoms with Gasteiger partial charge in [-0.3, -0.25) is 9.55 Å². The number of aromatic nitrogens is 4. The average Bonchev–Trinajstić information content (AvgIpc) is 2.96. The summed E-state index contributed by atoms with van der Waals surface area (Å²) in [6.45, 7) is 0. The number of rotatable bonds is 4. The number of nitrogens with one attached hydrogen (secondary N) is 2. The molecule has 4 rings (SSSR count). The van der Waals surface area contributed by atoms with E-state index >= 15 is 0 Å². The van der Waals surface area contributed by atoms with Crippen LogP contribution in [-0.2, 0) is 19.9 Å². The lowest BCUT2D eigenvalue weighted by Gasteiger charge is -2.37. The Hall–Kier alpha value is -1.95. The number of fused-ring (bicyclic) bond motifs is 1. The van der Waals surface area contributed by atoms with Crippen LogP contribution in [0.2, 0.25) is 0 Å². The fourth-order valence-corrected chi connectivity index (χ4v) is 4.51. The third kappa shape index (κ3) is 3.40. The topological polar surface area (TPSA) is 75.6 Å². The molecule has 1 unspecified atom stereocenters. The predicted molar refractivity (Wildman–Crippen MR) is 96.3 cm³/mol. The molecule has 6 nitrogen and oxygen atoms in total. The molecule has 0 radical (unpaired) electrons. The highest BCUT2D eigenvalue weighted by Crippen LogP contribution is 2.33. The molecule has 134 valence electrons. The van der Waals surface area contributed by atoms with Crippen LogP contribution >= 0.6 is 0 Å². The van der Waals surface area contributed by atoms with Gasteiger partial charge in [0, 0.05) is 37.4 Å². The number of pyridine rings is 1. The van der Waals surface area contributed by atoms with Crippen molar-refractivity contribution >= 4 is 0 Å². The van der Waals surface area contributed by atoms with Crippen LogP contribution in [0, 0.1) is 5.92 Å². The molecule has 0 aliphatic heterocycles. The molecule has 2 aromatic rings. The fourth-order valence-electron chi connectivity index (χ4n) is 4.51. The molecule has 0 saturated heterocycles.